The number of aromatic nitrogens is 1. The highest BCUT2D eigenvalue weighted by Gasteiger charge is 2.20. The van der Waals surface area contributed by atoms with Crippen molar-refractivity contribution in [1.29, 1.82) is 0 Å². The van der Waals surface area contributed by atoms with Crippen molar-refractivity contribution in [2.75, 3.05) is 37.0 Å². The number of methoxy groups -OCH3 is 1. The number of amides is 2. The summed E-state index contributed by atoms with van der Waals surface area (Å²) < 4.78 is 5.24. The van der Waals surface area contributed by atoms with E-state index < -0.39 is 0 Å². The minimum Gasteiger partial charge on any atom is -0.495 e. The summed E-state index contributed by atoms with van der Waals surface area (Å²) in [5.74, 6) is 1.05. The summed E-state index contributed by atoms with van der Waals surface area (Å²) in [5.41, 5.74) is 1.72. The summed E-state index contributed by atoms with van der Waals surface area (Å²) in [4.78, 5) is 18.7. The first-order valence-corrected chi connectivity index (χ1v) is 9.07. The minimum atomic E-state index is -0.250. The summed E-state index contributed by atoms with van der Waals surface area (Å²) in [6.45, 7) is 2.60. The third-order valence-electron chi connectivity index (χ3n) is 4.59. The molecule has 7 heteroatoms. The molecule has 1 fully saturated rings. The minimum absolute atomic E-state index is 0.250. The van der Waals surface area contributed by atoms with E-state index in [0.29, 0.717) is 28.9 Å². The van der Waals surface area contributed by atoms with Crippen molar-refractivity contribution in [2.24, 2.45) is 5.92 Å². The average molecular weight is 375 g/mol. The fourth-order valence-corrected chi connectivity index (χ4v) is 3.29. The van der Waals surface area contributed by atoms with Crippen LogP contribution in [0.2, 0.25) is 5.02 Å². The molecule has 2 N–H and O–H groups in total. The van der Waals surface area contributed by atoms with Gasteiger partial charge < -0.3 is 20.3 Å². The molecule has 3 rings (SSSR count). The maximum absolute atomic E-state index is 12.2. The summed E-state index contributed by atoms with van der Waals surface area (Å²) in [7, 11) is 1.56. The standard InChI is InChI=1S/C19H23ClN4O2/c1-26-18-5-4-15(20)11-17(18)23-19(25)22-12-14-6-9-24(10-7-14)16-3-2-8-21-13-16/h2-5,8,11,13-14H,6-7,9-10,12H2,1H3,(H2,22,23,25). The average Bonchev–Trinajstić information content (AvgIpc) is 2.68. The van der Waals surface area contributed by atoms with Crippen LogP contribution in [0, 0.1) is 5.92 Å². The number of hydrogen-bond acceptors (Lipinski definition) is 4. The number of urea groups is 1. The van der Waals surface area contributed by atoms with E-state index in [1.165, 1.54) is 0 Å². The van der Waals surface area contributed by atoms with Crippen LogP contribution in [0.3, 0.4) is 0 Å². The van der Waals surface area contributed by atoms with Gasteiger partial charge in [0.05, 0.1) is 24.7 Å². The van der Waals surface area contributed by atoms with Crippen LogP contribution in [0.15, 0.2) is 42.7 Å². The molecule has 1 aliphatic rings. The number of carbonyl (C=O) groups is 1. The summed E-state index contributed by atoms with van der Waals surface area (Å²) >= 11 is 5.98. The molecule has 1 aromatic heterocycles. The largest absolute Gasteiger partial charge is 0.495 e. The highest BCUT2D eigenvalue weighted by atomic mass is 35.5. The Kier molecular flexibility index (Phi) is 6.17. The number of rotatable bonds is 5. The lowest BCUT2D eigenvalue weighted by Gasteiger charge is -2.33. The molecule has 2 heterocycles. The maximum atomic E-state index is 12.2. The summed E-state index contributed by atoms with van der Waals surface area (Å²) in [6, 6.07) is 8.91. The van der Waals surface area contributed by atoms with Crippen molar-refractivity contribution in [3.63, 3.8) is 0 Å². The molecular weight excluding hydrogens is 352 g/mol. The van der Waals surface area contributed by atoms with Crippen molar-refractivity contribution in [2.45, 2.75) is 12.8 Å². The summed E-state index contributed by atoms with van der Waals surface area (Å²) in [6.07, 6.45) is 5.75. The predicted molar refractivity (Wildman–Crippen MR) is 104 cm³/mol. The maximum Gasteiger partial charge on any atom is 0.319 e. The third kappa shape index (κ3) is 4.79. The van der Waals surface area contributed by atoms with E-state index in [1.807, 2.05) is 12.3 Å². The van der Waals surface area contributed by atoms with Crippen LogP contribution >= 0.6 is 11.6 Å². The van der Waals surface area contributed by atoms with Gasteiger partial charge >= 0.3 is 6.03 Å². The van der Waals surface area contributed by atoms with Gasteiger partial charge in [0.1, 0.15) is 5.75 Å². The number of piperidine rings is 1. The molecule has 1 saturated heterocycles. The molecule has 0 saturated carbocycles. The smallest absolute Gasteiger partial charge is 0.319 e. The Morgan fingerprint density at radius 1 is 1.35 bits per heavy atom. The Morgan fingerprint density at radius 2 is 2.15 bits per heavy atom. The molecule has 2 aromatic rings. The first kappa shape index (κ1) is 18.3. The Hall–Kier alpha value is -2.47. The SMILES string of the molecule is COc1ccc(Cl)cc1NC(=O)NCC1CCN(c2cccnc2)CC1. The summed E-state index contributed by atoms with van der Waals surface area (Å²) in [5, 5.41) is 6.29. The van der Waals surface area contributed by atoms with Crippen molar-refractivity contribution >= 4 is 29.0 Å². The van der Waals surface area contributed by atoms with Crippen LogP contribution < -0.4 is 20.3 Å². The quantitative estimate of drug-likeness (QED) is 0.835. The topological polar surface area (TPSA) is 66.5 Å². The number of nitrogens with one attached hydrogen (secondary N) is 2. The van der Waals surface area contributed by atoms with Gasteiger partial charge in [0.2, 0.25) is 0 Å². The zero-order valence-corrected chi connectivity index (χ0v) is 15.5. The number of ether oxygens (including phenoxy) is 1. The second kappa shape index (κ2) is 8.76. The van der Waals surface area contributed by atoms with Crippen molar-refractivity contribution < 1.29 is 9.53 Å². The number of anilines is 2. The number of benzene rings is 1. The molecule has 6 nitrogen and oxygen atoms in total. The number of halogens is 1. The number of hydrogen-bond donors (Lipinski definition) is 2. The van der Waals surface area contributed by atoms with Crippen molar-refractivity contribution in [3.05, 3.63) is 47.7 Å². The van der Waals surface area contributed by atoms with Gasteiger partial charge in [0.15, 0.2) is 0 Å². The molecule has 1 aliphatic heterocycles. The van der Waals surface area contributed by atoms with E-state index in [4.69, 9.17) is 16.3 Å². The molecule has 0 unspecified atom stereocenters. The fourth-order valence-electron chi connectivity index (χ4n) is 3.12. The van der Waals surface area contributed by atoms with Crippen LogP contribution in [0.1, 0.15) is 12.8 Å². The zero-order chi connectivity index (χ0) is 18.4. The molecular formula is C19H23ClN4O2. The van der Waals surface area contributed by atoms with E-state index in [1.54, 1.807) is 31.5 Å². The van der Waals surface area contributed by atoms with Crippen LogP contribution in [-0.2, 0) is 0 Å². The number of carbonyl (C=O) groups excluding carboxylic acids is 1. The lowest BCUT2D eigenvalue weighted by molar-refractivity contribution is 0.248. The van der Waals surface area contributed by atoms with Gasteiger partial charge in [-0.1, -0.05) is 11.6 Å². The Bertz CT molecular complexity index is 734. The van der Waals surface area contributed by atoms with Crippen LogP contribution in [0.5, 0.6) is 5.75 Å². The Labute approximate surface area is 158 Å². The number of pyridine rings is 1. The van der Waals surface area contributed by atoms with Gasteiger partial charge in [0.25, 0.3) is 0 Å². The third-order valence-corrected chi connectivity index (χ3v) is 4.82. The second-order valence-electron chi connectivity index (χ2n) is 6.32. The normalized spacial score (nSPS) is 14.8. The van der Waals surface area contributed by atoms with Gasteiger partial charge in [0, 0.05) is 30.9 Å². The van der Waals surface area contributed by atoms with Crippen LogP contribution in [0.4, 0.5) is 16.2 Å². The predicted octanol–water partition coefficient (Wildman–Crippen LogP) is 3.78. The lowest BCUT2D eigenvalue weighted by atomic mass is 9.96. The molecule has 2 amide bonds. The van der Waals surface area contributed by atoms with E-state index in [-0.39, 0.29) is 6.03 Å². The molecule has 0 bridgehead atoms. The van der Waals surface area contributed by atoms with Gasteiger partial charge in [-0.25, -0.2) is 4.79 Å². The van der Waals surface area contributed by atoms with Crippen molar-refractivity contribution in [1.82, 2.24) is 10.3 Å². The lowest BCUT2D eigenvalue weighted by Crippen LogP contribution is -2.39. The molecule has 138 valence electrons. The van der Waals surface area contributed by atoms with E-state index >= 15 is 0 Å². The first-order chi connectivity index (χ1) is 12.7. The van der Waals surface area contributed by atoms with Gasteiger partial charge in [-0.05, 0) is 49.1 Å². The molecule has 0 spiro atoms. The van der Waals surface area contributed by atoms with Crippen LogP contribution in [0.25, 0.3) is 0 Å². The Balaban J connectivity index is 1.45. The van der Waals surface area contributed by atoms with Gasteiger partial charge in [-0.2, -0.15) is 0 Å². The van der Waals surface area contributed by atoms with E-state index in [9.17, 15) is 4.79 Å². The first-order valence-electron chi connectivity index (χ1n) is 8.69. The fraction of sp³-hybridized carbons (Fsp3) is 0.368. The molecule has 0 atom stereocenters. The highest BCUT2D eigenvalue weighted by Crippen LogP contribution is 2.27. The van der Waals surface area contributed by atoms with Gasteiger partial charge in [-0.3, -0.25) is 4.98 Å². The number of nitrogens with zero attached hydrogens (tertiary/aromatic N) is 2. The van der Waals surface area contributed by atoms with E-state index in [2.05, 4.69) is 26.6 Å². The molecule has 0 aliphatic carbocycles. The second-order valence-corrected chi connectivity index (χ2v) is 6.76. The molecule has 1 aromatic carbocycles. The van der Waals surface area contributed by atoms with E-state index in [0.717, 1.165) is 31.6 Å². The molecule has 26 heavy (non-hydrogen) atoms. The highest BCUT2D eigenvalue weighted by molar-refractivity contribution is 6.31. The van der Waals surface area contributed by atoms with Crippen LogP contribution in [-0.4, -0.2) is 37.8 Å². The monoisotopic (exact) mass is 374 g/mol. The zero-order valence-electron chi connectivity index (χ0n) is 14.7. The van der Waals surface area contributed by atoms with Gasteiger partial charge in [-0.15, -0.1) is 0 Å². The molecule has 0 radical (unpaired) electrons. The Morgan fingerprint density at radius 3 is 2.85 bits per heavy atom. The van der Waals surface area contributed by atoms with Crippen molar-refractivity contribution in [3.8, 4) is 5.75 Å².